The van der Waals surface area contributed by atoms with Crippen molar-refractivity contribution in [3.63, 3.8) is 0 Å². The number of ether oxygens (including phenoxy) is 1. The van der Waals surface area contributed by atoms with Crippen LogP contribution in [0.3, 0.4) is 0 Å². The number of carbonyl (C=O) groups excluding carboxylic acids is 1. The molecule has 9 atom stereocenters. The van der Waals surface area contributed by atoms with Gasteiger partial charge in [0.15, 0.2) is 0 Å². The van der Waals surface area contributed by atoms with Crippen LogP contribution in [0.1, 0.15) is 58.8 Å². The summed E-state index contributed by atoms with van der Waals surface area (Å²) >= 11 is 0. The zero-order chi connectivity index (χ0) is 16.2. The topological polar surface area (TPSA) is 46.5 Å². The van der Waals surface area contributed by atoms with Crippen molar-refractivity contribution in [3.05, 3.63) is 0 Å². The van der Waals surface area contributed by atoms with Gasteiger partial charge in [0.1, 0.15) is 5.78 Å². The fraction of sp³-hybridized carbons (Fsp3) is 0.950. The lowest BCUT2D eigenvalue weighted by atomic mass is 9.45. The molecule has 0 unspecified atom stereocenters. The molecule has 5 aliphatic carbocycles. The van der Waals surface area contributed by atoms with Gasteiger partial charge in [-0.2, -0.15) is 0 Å². The Kier molecular flexibility index (Phi) is 2.73. The number of hydrogen-bond acceptors (Lipinski definition) is 3. The number of aliphatic hydroxyl groups excluding tert-OH is 1. The van der Waals surface area contributed by atoms with E-state index in [0.717, 1.165) is 25.2 Å². The highest BCUT2D eigenvalue weighted by Crippen LogP contribution is 2.81. The van der Waals surface area contributed by atoms with Gasteiger partial charge in [0.2, 0.25) is 0 Å². The molecule has 0 aromatic heterocycles. The molecule has 0 amide bonds. The van der Waals surface area contributed by atoms with Gasteiger partial charge in [0.25, 0.3) is 0 Å². The molecule has 5 rings (SSSR count). The van der Waals surface area contributed by atoms with E-state index in [4.69, 9.17) is 4.74 Å². The smallest absolute Gasteiger partial charge is 0.141 e. The minimum Gasteiger partial charge on any atom is -0.392 e. The third-order valence-electron chi connectivity index (χ3n) is 9.65. The van der Waals surface area contributed by atoms with Crippen molar-refractivity contribution in [1.82, 2.24) is 0 Å². The number of fused-ring (bicyclic) bond motifs is 4. The van der Waals surface area contributed by atoms with E-state index in [-0.39, 0.29) is 0 Å². The molecule has 0 aromatic rings. The van der Waals surface area contributed by atoms with E-state index < -0.39 is 11.5 Å². The Morgan fingerprint density at radius 3 is 2.65 bits per heavy atom. The highest BCUT2D eigenvalue weighted by atomic mass is 16.5. The van der Waals surface area contributed by atoms with Crippen molar-refractivity contribution in [2.45, 2.75) is 71.0 Å². The van der Waals surface area contributed by atoms with Crippen molar-refractivity contribution < 1.29 is 14.6 Å². The Balaban J connectivity index is 1.59. The van der Waals surface area contributed by atoms with E-state index in [0.29, 0.717) is 46.9 Å². The maximum atomic E-state index is 12.6. The molecular weight excluding hydrogens is 288 g/mol. The molecule has 0 saturated heterocycles. The van der Waals surface area contributed by atoms with Gasteiger partial charge in [0, 0.05) is 18.9 Å². The molecular formula is C20H30O3. The van der Waals surface area contributed by atoms with Gasteiger partial charge in [-0.1, -0.05) is 6.92 Å². The molecule has 0 bridgehead atoms. The quantitative estimate of drug-likeness (QED) is 0.807. The maximum absolute atomic E-state index is 12.6. The largest absolute Gasteiger partial charge is 0.392 e. The molecule has 3 nitrogen and oxygen atoms in total. The number of aliphatic hydroxyl groups is 1. The molecule has 5 fully saturated rings. The summed E-state index contributed by atoms with van der Waals surface area (Å²) in [7, 11) is 1.89. The summed E-state index contributed by atoms with van der Waals surface area (Å²) < 4.78 is 6.05. The Bertz CT molecular complexity index is 573. The highest BCUT2D eigenvalue weighted by Gasteiger charge is 2.78. The highest BCUT2D eigenvalue weighted by molar-refractivity contribution is 5.87. The molecule has 3 heteroatoms. The number of carbonyl (C=O) groups is 1. The first-order chi connectivity index (χ1) is 10.9. The SMILES string of the molecule is CO[C@@H]1C[C@H]2[C@@H]3CCC(=O)[C@@]3(C)[C@H](O)C[C@@H]2[C@@]2(C)CC[C@@H]3C[C@]312. The molecule has 0 aliphatic heterocycles. The van der Waals surface area contributed by atoms with E-state index in [1.807, 2.05) is 7.11 Å². The summed E-state index contributed by atoms with van der Waals surface area (Å²) in [4.78, 5) is 12.6. The normalized spacial score (nSPS) is 63.2. The summed E-state index contributed by atoms with van der Waals surface area (Å²) in [5, 5.41) is 11.0. The van der Waals surface area contributed by atoms with Crippen LogP contribution in [0.15, 0.2) is 0 Å². The Morgan fingerprint density at radius 2 is 1.96 bits per heavy atom. The van der Waals surface area contributed by atoms with Crippen molar-refractivity contribution in [3.8, 4) is 0 Å². The fourth-order valence-corrected chi connectivity index (χ4v) is 8.33. The number of hydrogen-bond donors (Lipinski definition) is 1. The number of Topliss-reactive ketones (excluding diaryl/α,β-unsaturated/α-hetero) is 1. The third kappa shape index (κ3) is 1.41. The fourth-order valence-electron chi connectivity index (χ4n) is 8.33. The molecule has 1 spiro atoms. The van der Waals surface area contributed by atoms with Crippen LogP contribution in [0.4, 0.5) is 0 Å². The first-order valence-electron chi connectivity index (χ1n) is 9.63. The van der Waals surface area contributed by atoms with Gasteiger partial charge < -0.3 is 9.84 Å². The van der Waals surface area contributed by atoms with Crippen LogP contribution in [0.25, 0.3) is 0 Å². The lowest BCUT2D eigenvalue weighted by molar-refractivity contribution is -0.186. The Morgan fingerprint density at radius 1 is 1.17 bits per heavy atom. The zero-order valence-corrected chi connectivity index (χ0v) is 14.7. The predicted octanol–water partition coefficient (Wildman–Crippen LogP) is 3.19. The minimum absolute atomic E-state index is 0.309. The van der Waals surface area contributed by atoms with Crippen molar-refractivity contribution in [2.75, 3.05) is 7.11 Å². The van der Waals surface area contributed by atoms with Crippen LogP contribution in [0.2, 0.25) is 0 Å². The second-order valence-corrected chi connectivity index (χ2v) is 9.73. The number of methoxy groups -OCH3 is 1. The first kappa shape index (κ1) is 14.9. The van der Waals surface area contributed by atoms with E-state index in [2.05, 4.69) is 13.8 Å². The van der Waals surface area contributed by atoms with Gasteiger partial charge in [-0.3, -0.25) is 4.79 Å². The molecule has 1 N–H and O–H groups in total. The molecule has 0 aromatic carbocycles. The summed E-state index contributed by atoms with van der Waals surface area (Å²) in [5.74, 6) is 2.68. The summed E-state index contributed by atoms with van der Waals surface area (Å²) in [6.45, 7) is 4.55. The predicted molar refractivity (Wildman–Crippen MR) is 86.7 cm³/mol. The van der Waals surface area contributed by atoms with Crippen molar-refractivity contribution >= 4 is 5.78 Å². The number of ketones is 1. The molecule has 5 saturated carbocycles. The monoisotopic (exact) mass is 318 g/mol. The summed E-state index contributed by atoms with van der Waals surface area (Å²) in [5.41, 5.74) is 0.218. The van der Waals surface area contributed by atoms with Gasteiger partial charge in [-0.15, -0.1) is 0 Å². The minimum atomic E-state index is -0.484. The zero-order valence-electron chi connectivity index (χ0n) is 14.7. The Hall–Kier alpha value is -0.410. The van der Waals surface area contributed by atoms with Gasteiger partial charge in [-0.05, 0) is 74.5 Å². The Labute approximate surface area is 139 Å². The van der Waals surface area contributed by atoms with Gasteiger partial charge in [-0.25, -0.2) is 0 Å². The average molecular weight is 318 g/mol. The average Bonchev–Trinajstić information content (AvgIpc) is 3.08. The second-order valence-electron chi connectivity index (χ2n) is 9.73. The first-order valence-corrected chi connectivity index (χ1v) is 9.63. The van der Waals surface area contributed by atoms with Crippen LogP contribution < -0.4 is 0 Å². The van der Waals surface area contributed by atoms with Crippen LogP contribution in [-0.2, 0) is 9.53 Å². The number of rotatable bonds is 1. The molecule has 0 heterocycles. The summed E-state index contributed by atoms with van der Waals surface area (Å²) in [6, 6.07) is 0. The molecule has 23 heavy (non-hydrogen) atoms. The third-order valence-corrected chi connectivity index (χ3v) is 9.65. The molecule has 5 aliphatic rings. The summed E-state index contributed by atoms with van der Waals surface area (Å²) in [6.07, 6.45) is 7.52. The van der Waals surface area contributed by atoms with Crippen LogP contribution in [0.5, 0.6) is 0 Å². The van der Waals surface area contributed by atoms with Crippen LogP contribution >= 0.6 is 0 Å². The second kappa shape index (κ2) is 4.22. The van der Waals surface area contributed by atoms with E-state index >= 15 is 0 Å². The lowest BCUT2D eigenvalue weighted by Gasteiger charge is -2.60. The van der Waals surface area contributed by atoms with E-state index in [9.17, 15) is 9.90 Å². The molecule has 0 radical (unpaired) electrons. The van der Waals surface area contributed by atoms with Crippen LogP contribution in [-0.4, -0.2) is 30.2 Å². The van der Waals surface area contributed by atoms with E-state index in [1.54, 1.807) is 0 Å². The van der Waals surface area contributed by atoms with Gasteiger partial charge >= 0.3 is 0 Å². The van der Waals surface area contributed by atoms with Crippen molar-refractivity contribution in [2.24, 2.45) is 39.9 Å². The van der Waals surface area contributed by atoms with E-state index in [1.165, 1.54) is 19.3 Å². The lowest BCUT2D eigenvalue weighted by Crippen LogP contribution is -2.60. The van der Waals surface area contributed by atoms with Gasteiger partial charge in [0.05, 0.1) is 17.6 Å². The van der Waals surface area contributed by atoms with Crippen LogP contribution in [0, 0.1) is 39.9 Å². The molecule has 128 valence electrons. The maximum Gasteiger partial charge on any atom is 0.141 e. The standard InChI is InChI=1S/C20H30O3/c1-18-7-6-11-10-20(11,18)17(23-3)8-12-13-4-5-15(21)19(13,2)16(22)9-14(12)18/h11-14,16-17,22H,4-10H2,1-3H3/t11-,12+,13+,14+,16-,17-,18-,19+,20+/m1/s1. The van der Waals surface area contributed by atoms with Crippen molar-refractivity contribution in [1.29, 1.82) is 0 Å².